The number of benzene rings is 1. The number of rotatable bonds is 1. The van der Waals surface area contributed by atoms with Gasteiger partial charge < -0.3 is 14.7 Å². The predicted octanol–water partition coefficient (Wildman–Crippen LogP) is 2.05. The lowest BCUT2D eigenvalue weighted by Gasteiger charge is -2.43. The van der Waals surface area contributed by atoms with Gasteiger partial charge in [0.2, 0.25) is 0 Å². The zero-order valence-corrected chi connectivity index (χ0v) is 14.7. The first-order chi connectivity index (χ1) is 13.2. The fourth-order valence-corrected chi connectivity index (χ4v) is 4.41. The van der Waals surface area contributed by atoms with E-state index in [1.165, 1.54) is 0 Å². The van der Waals surface area contributed by atoms with Crippen LogP contribution in [0.25, 0.3) is 11.0 Å². The Morgan fingerprint density at radius 3 is 2.78 bits per heavy atom. The van der Waals surface area contributed by atoms with Gasteiger partial charge in [0.1, 0.15) is 5.69 Å². The van der Waals surface area contributed by atoms with Crippen LogP contribution in [0.4, 0.5) is 0 Å². The third-order valence-corrected chi connectivity index (χ3v) is 5.55. The first kappa shape index (κ1) is 16.0. The fourth-order valence-electron chi connectivity index (χ4n) is 4.41. The number of oxime groups is 1. The van der Waals surface area contributed by atoms with Crippen molar-refractivity contribution in [1.82, 2.24) is 19.4 Å². The molecule has 27 heavy (non-hydrogen) atoms. The molecule has 0 saturated carbocycles. The van der Waals surface area contributed by atoms with Crippen LogP contribution in [0.3, 0.4) is 0 Å². The first-order valence-corrected chi connectivity index (χ1v) is 9.12. The zero-order chi connectivity index (χ0) is 18.4. The quantitative estimate of drug-likeness (QED) is 0.310. The van der Waals surface area contributed by atoms with E-state index in [1.54, 1.807) is 12.3 Å². The summed E-state index contributed by atoms with van der Waals surface area (Å²) in [5.74, 6) is 1.01. The highest BCUT2D eigenvalue weighted by Crippen LogP contribution is 2.35. The largest absolute Gasteiger partial charge is 0.409 e. The summed E-state index contributed by atoms with van der Waals surface area (Å²) in [4.78, 5) is 23.3. The first-order valence-electron chi connectivity index (χ1n) is 9.12. The summed E-state index contributed by atoms with van der Waals surface area (Å²) < 4.78 is 1.89. The van der Waals surface area contributed by atoms with E-state index in [9.17, 15) is 10.0 Å². The molecule has 5 rings (SSSR count). The van der Waals surface area contributed by atoms with Crippen molar-refractivity contribution in [3.05, 3.63) is 70.4 Å². The van der Waals surface area contributed by atoms with Crippen molar-refractivity contribution >= 4 is 16.9 Å². The second kappa shape index (κ2) is 6.19. The summed E-state index contributed by atoms with van der Waals surface area (Å²) in [6.45, 7) is 2.11. The molecule has 3 aromatic rings. The van der Waals surface area contributed by atoms with Crippen molar-refractivity contribution in [1.29, 1.82) is 0 Å². The molecule has 1 fully saturated rings. The molecule has 7 nitrogen and oxygen atoms in total. The van der Waals surface area contributed by atoms with Gasteiger partial charge in [0.05, 0.1) is 17.2 Å². The molecule has 0 spiro atoms. The molecule has 0 radical (unpaired) electrons. The van der Waals surface area contributed by atoms with E-state index >= 15 is 0 Å². The Balaban J connectivity index is 1.50. The van der Waals surface area contributed by atoms with E-state index in [2.05, 4.69) is 20.0 Å². The van der Waals surface area contributed by atoms with Crippen LogP contribution >= 0.6 is 0 Å². The van der Waals surface area contributed by atoms with Gasteiger partial charge in [-0.3, -0.25) is 9.78 Å². The summed E-state index contributed by atoms with van der Waals surface area (Å²) in [6.07, 6.45) is 2.70. The van der Waals surface area contributed by atoms with Gasteiger partial charge in [-0.2, -0.15) is 0 Å². The van der Waals surface area contributed by atoms with Crippen LogP contribution in [-0.2, 0) is 6.54 Å². The number of fused-ring (bicyclic) bond motifs is 5. The number of para-hydroxylation sites is 2. The van der Waals surface area contributed by atoms with Crippen LogP contribution in [0.1, 0.15) is 23.7 Å². The van der Waals surface area contributed by atoms with E-state index < -0.39 is 0 Å². The van der Waals surface area contributed by atoms with Gasteiger partial charge in [-0.05, 0) is 30.5 Å². The molecule has 0 amide bonds. The van der Waals surface area contributed by atoms with Crippen molar-refractivity contribution in [2.24, 2.45) is 11.1 Å². The number of pyridine rings is 1. The molecule has 2 bridgehead atoms. The number of piperidine rings is 1. The Kier molecular flexibility index (Phi) is 3.67. The van der Waals surface area contributed by atoms with E-state index in [4.69, 9.17) is 0 Å². The smallest absolute Gasteiger partial charge is 0.250 e. The number of hydrogen-bond acceptors (Lipinski definition) is 5. The summed E-state index contributed by atoms with van der Waals surface area (Å²) in [7, 11) is 0. The SMILES string of the molecule is O=c1cccc2n1C[C@H]1C[C@H]2CN(/C(=N/O)c2cnc3ccccc3n2)C1. The molecule has 1 aromatic carbocycles. The predicted molar refractivity (Wildman–Crippen MR) is 101 cm³/mol. The number of nitrogens with zero attached hydrogens (tertiary/aromatic N) is 5. The van der Waals surface area contributed by atoms with Crippen molar-refractivity contribution in [2.45, 2.75) is 18.9 Å². The molecule has 2 aromatic heterocycles. The van der Waals surface area contributed by atoms with Gasteiger partial charge in [-0.15, -0.1) is 0 Å². The summed E-state index contributed by atoms with van der Waals surface area (Å²) in [5, 5.41) is 13.3. The number of amidine groups is 1. The number of likely N-dealkylation sites (tertiary alicyclic amines) is 1. The minimum absolute atomic E-state index is 0.0621. The summed E-state index contributed by atoms with van der Waals surface area (Å²) >= 11 is 0. The Morgan fingerprint density at radius 1 is 1.07 bits per heavy atom. The average Bonchev–Trinajstić information content (AvgIpc) is 2.69. The van der Waals surface area contributed by atoms with E-state index in [0.29, 0.717) is 30.5 Å². The van der Waals surface area contributed by atoms with Crippen LogP contribution in [0.2, 0.25) is 0 Å². The molecule has 2 atom stereocenters. The zero-order valence-electron chi connectivity index (χ0n) is 14.7. The third-order valence-electron chi connectivity index (χ3n) is 5.55. The van der Waals surface area contributed by atoms with Crippen molar-refractivity contribution in [3.8, 4) is 0 Å². The number of aromatic nitrogens is 3. The molecule has 136 valence electrons. The lowest BCUT2D eigenvalue weighted by Crippen LogP contribution is -2.49. The monoisotopic (exact) mass is 361 g/mol. The van der Waals surface area contributed by atoms with Gasteiger partial charge >= 0.3 is 0 Å². The maximum absolute atomic E-state index is 12.2. The fraction of sp³-hybridized carbons (Fsp3) is 0.300. The molecule has 7 heteroatoms. The molecule has 2 aliphatic heterocycles. The molecule has 0 aliphatic carbocycles. The third kappa shape index (κ3) is 2.66. The average molecular weight is 361 g/mol. The topological polar surface area (TPSA) is 83.6 Å². The highest BCUT2D eigenvalue weighted by atomic mass is 16.4. The summed E-state index contributed by atoms with van der Waals surface area (Å²) in [5.41, 5.74) is 3.26. The number of hydrogen-bond donors (Lipinski definition) is 1. The standard InChI is InChI=1S/C20H19N5O2/c26-19-7-3-6-18-14-8-13(11-25(18)19)10-24(12-14)20(23-27)17-9-21-15-4-1-2-5-16(15)22-17/h1-7,9,13-14,27H,8,10-12H2/b23-20+/t13-,14-/m0/s1. The van der Waals surface area contributed by atoms with E-state index in [-0.39, 0.29) is 11.5 Å². The van der Waals surface area contributed by atoms with Gasteiger partial charge in [0.15, 0.2) is 5.84 Å². The molecule has 1 N–H and O–H groups in total. The van der Waals surface area contributed by atoms with Gasteiger partial charge in [0.25, 0.3) is 5.56 Å². The minimum Gasteiger partial charge on any atom is -0.409 e. The van der Waals surface area contributed by atoms with Crippen molar-refractivity contribution in [2.75, 3.05) is 13.1 Å². The molecule has 1 saturated heterocycles. The molecule has 4 heterocycles. The van der Waals surface area contributed by atoms with Crippen LogP contribution < -0.4 is 5.56 Å². The van der Waals surface area contributed by atoms with Crippen LogP contribution in [-0.4, -0.2) is 43.6 Å². The molecule has 0 unspecified atom stereocenters. The van der Waals surface area contributed by atoms with Gasteiger partial charge in [-0.1, -0.05) is 23.4 Å². The van der Waals surface area contributed by atoms with Crippen LogP contribution in [0.5, 0.6) is 0 Å². The van der Waals surface area contributed by atoms with Crippen molar-refractivity contribution < 1.29 is 5.21 Å². The lowest BCUT2D eigenvalue weighted by atomic mass is 9.83. The molecular weight excluding hydrogens is 342 g/mol. The highest BCUT2D eigenvalue weighted by Gasteiger charge is 2.36. The minimum atomic E-state index is 0.0621. The Labute approximate surface area is 155 Å². The maximum atomic E-state index is 12.2. The Bertz CT molecular complexity index is 1110. The van der Waals surface area contributed by atoms with Gasteiger partial charge in [-0.25, -0.2) is 4.98 Å². The van der Waals surface area contributed by atoms with Crippen LogP contribution in [0.15, 0.2) is 58.6 Å². The Hall–Kier alpha value is -3.22. The van der Waals surface area contributed by atoms with E-state index in [0.717, 1.165) is 29.7 Å². The van der Waals surface area contributed by atoms with E-state index in [1.807, 2.05) is 41.0 Å². The normalized spacial score (nSPS) is 21.9. The molecular formula is C20H19N5O2. The second-order valence-corrected chi connectivity index (χ2v) is 7.27. The molecule has 2 aliphatic rings. The second-order valence-electron chi connectivity index (χ2n) is 7.27. The highest BCUT2D eigenvalue weighted by molar-refractivity contribution is 5.97. The summed E-state index contributed by atoms with van der Waals surface area (Å²) in [6, 6.07) is 13.1. The van der Waals surface area contributed by atoms with Crippen molar-refractivity contribution in [3.63, 3.8) is 0 Å². The lowest BCUT2D eigenvalue weighted by molar-refractivity contribution is 0.173. The maximum Gasteiger partial charge on any atom is 0.250 e. The Morgan fingerprint density at radius 2 is 1.93 bits per heavy atom. The van der Waals surface area contributed by atoms with Gasteiger partial charge in [0, 0.05) is 37.3 Å². The van der Waals surface area contributed by atoms with Crippen LogP contribution in [0, 0.1) is 5.92 Å².